The van der Waals surface area contributed by atoms with Gasteiger partial charge in [0.2, 0.25) is 5.88 Å². The van der Waals surface area contributed by atoms with Crippen LogP contribution in [0.25, 0.3) is 22.3 Å². The Morgan fingerprint density at radius 3 is 2.70 bits per heavy atom. The Labute approximate surface area is 270 Å². The Bertz CT molecular complexity index is 2050. The minimum Gasteiger partial charge on any atom is -0.493 e. The van der Waals surface area contributed by atoms with Crippen LogP contribution in [0.4, 0.5) is 9.18 Å². The zero-order valence-corrected chi connectivity index (χ0v) is 26.8. The van der Waals surface area contributed by atoms with Crippen molar-refractivity contribution in [3.8, 4) is 16.5 Å². The van der Waals surface area contributed by atoms with E-state index in [9.17, 15) is 28.7 Å². The third kappa shape index (κ3) is 7.03. The predicted octanol–water partition coefficient (Wildman–Crippen LogP) is 1.47. The number of carbonyl (C=O) groups excluding carboxylic acids is 3. The molecule has 2 amide bonds. The summed E-state index contributed by atoms with van der Waals surface area (Å²) in [6.07, 6.45) is 3.08. The number of alkyl carbamates (subject to hydrolysis) is 1. The van der Waals surface area contributed by atoms with Crippen molar-refractivity contribution in [2.24, 2.45) is 4.99 Å². The van der Waals surface area contributed by atoms with Gasteiger partial charge in [-0.25, -0.2) is 28.3 Å². The van der Waals surface area contributed by atoms with Gasteiger partial charge in [-0.3, -0.25) is 9.79 Å². The van der Waals surface area contributed by atoms with E-state index in [1.165, 1.54) is 35.4 Å². The number of alkyl halides is 1. The van der Waals surface area contributed by atoms with E-state index in [0.29, 0.717) is 31.8 Å². The highest BCUT2D eigenvalue weighted by molar-refractivity contribution is 7.17. The monoisotopic (exact) mass is 668 g/mol. The molecule has 1 atom stereocenters. The second-order valence-electron chi connectivity index (χ2n) is 12.4. The van der Waals surface area contributed by atoms with Gasteiger partial charge in [0.15, 0.2) is 17.9 Å². The Hall–Kier alpha value is -5.06. The summed E-state index contributed by atoms with van der Waals surface area (Å²) in [7, 11) is 0. The molecular weight excluding hydrogens is 635 g/mol. The molecule has 0 bridgehead atoms. The van der Waals surface area contributed by atoms with Crippen molar-refractivity contribution in [3.63, 3.8) is 0 Å². The van der Waals surface area contributed by atoms with Crippen LogP contribution in [0.3, 0.4) is 0 Å². The quantitative estimate of drug-likeness (QED) is 0.234. The van der Waals surface area contributed by atoms with Crippen LogP contribution in [-0.2, 0) is 21.0 Å². The minimum atomic E-state index is -1.09. The number of amides is 2. The number of nitrogens with one attached hydrogen (secondary N) is 2. The first-order valence-electron chi connectivity index (χ1n) is 14.9. The molecule has 17 heteroatoms. The minimum absolute atomic E-state index is 0.0125. The third-order valence-electron chi connectivity index (χ3n) is 7.24. The Balaban J connectivity index is 1.26. The van der Waals surface area contributed by atoms with Crippen molar-refractivity contribution in [1.29, 1.82) is 0 Å². The first-order chi connectivity index (χ1) is 22.3. The van der Waals surface area contributed by atoms with Crippen LogP contribution in [0.15, 0.2) is 34.2 Å². The highest BCUT2D eigenvalue weighted by atomic mass is 32.1. The topological polar surface area (TPSA) is 186 Å². The van der Waals surface area contributed by atoms with E-state index < -0.39 is 48.2 Å². The van der Waals surface area contributed by atoms with Crippen LogP contribution in [-0.4, -0.2) is 89.1 Å². The van der Waals surface area contributed by atoms with Gasteiger partial charge in [-0.2, -0.15) is 9.61 Å². The van der Waals surface area contributed by atoms with Crippen molar-refractivity contribution in [2.45, 2.75) is 71.1 Å². The van der Waals surface area contributed by atoms with E-state index >= 15 is 0 Å². The Morgan fingerprint density at radius 1 is 1.28 bits per heavy atom. The van der Waals surface area contributed by atoms with Gasteiger partial charge in [-0.15, -0.1) is 11.3 Å². The summed E-state index contributed by atoms with van der Waals surface area (Å²) in [5.74, 6) is -1.59. The fourth-order valence-corrected chi connectivity index (χ4v) is 5.60. The third-order valence-corrected chi connectivity index (χ3v) is 8.34. The zero-order chi connectivity index (χ0) is 33.6. The van der Waals surface area contributed by atoms with E-state index in [1.807, 2.05) is 0 Å². The largest absolute Gasteiger partial charge is 0.493 e. The average Bonchev–Trinajstić information content (AvgIpc) is 3.38. The van der Waals surface area contributed by atoms with Crippen molar-refractivity contribution in [1.82, 2.24) is 34.4 Å². The number of thiophene rings is 1. The van der Waals surface area contributed by atoms with Gasteiger partial charge < -0.3 is 29.8 Å². The van der Waals surface area contributed by atoms with Crippen molar-refractivity contribution < 1.29 is 33.4 Å². The lowest BCUT2D eigenvalue weighted by Gasteiger charge is -2.33. The predicted molar refractivity (Wildman–Crippen MR) is 166 cm³/mol. The standard InChI is InChI=1S/C30H33FN8O7S/c1-15(33-29(44)46-30(2,3)4)27(42)45-14-38-25(40)20(36-28(38)43)9-16-11-32-39-23(34-18-5-6-18)10-19(35-24(16)39)21-7-8-22(47-21)26(41)37-12-17(31)13-37/h7-11,15,17-18,40H,5-6,12-14H2,1-4H3,(H,33,44)(H,36,43)/b16-9-,34-23?/t15-/m0/s1. The number of likely N-dealkylation sites (tertiary alicyclic amines) is 1. The van der Waals surface area contributed by atoms with Crippen LogP contribution in [0.5, 0.6) is 5.88 Å². The second-order valence-corrected chi connectivity index (χ2v) is 13.5. The molecule has 3 N–H and O–H groups in total. The van der Waals surface area contributed by atoms with Crippen LogP contribution < -0.4 is 21.7 Å². The number of H-pyrrole nitrogens is 1. The smallest absolute Gasteiger partial charge is 0.408 e. The number of imidazole rings is 1. The molecule has 1 saturated carbocycles. The number of halogens is 1. The number of rotatable bonds is 8. The summed E-state index contributed by atoms with van der Waals surface area (Å²) in [6.45, 7) is 5.97. The molecule has 248 valence electrons. The van der Waals surface area contributed by atoms with E-state index in [1.54, 1.807) is 43.5 Å². The van der Waals surface area contributed by atoms with Gasteiger partial charge >= 0.3 is 17.8 Å². The summed E-state index contributed by atoms with van der Waals surface area (Å²) in [6, 6.07) is 4.32. The van der Waals surface area contributed by atoms with Crippen molar-refractivity contribution in [3.05, 3.63) is 56.2 Å². The lowest BCUT2D eigenvalue weighted by Crippen LogP contribution is -2.51. The lowest BCUT2D eigenvalue weighted by molar-refractivity contribution is -0.149. The van der Waals surface area contributed by atoms with Gasteiger partial charge in [0.25, 0.3) is 5.91 Å². The first-order valence-corrected chi connectivity index (χ1v) is 15.7. The number of fused-ring (bicyclic) bond motifs is 1. The number of aromatic hydroxyl groups is 1. The molecule has 1 aliphatic heterocycles. The molecule has 0 spiro atoms. The zero-order valence-electron chi connectivity index (χ0n) is 26.0. The summed E-state index contributed by atoms with van der Waals surface area (Å²) >= 11 is 1.24. The summed E-state index contributed by atoms with van der Waals surface area (Å²) in [5.41, 5.74) is -0.0280. The summed E-state index contributed by atoms with van der Waals surface area (Å²) in [5, 5.41) is 18.1. The van der Waals surface area contributed by atoms with Crippen LogP contribution in [0.1, 0.15) is 55.9 Å². The number of aromatic nitrogens is 5. The van der Waals surface area contributed by atoms with Crippen molar-refractivity contribution in [2.75, 3.05) is 13.1 Å². The maximum absolute atomic E-state index is 13.3. The van der Waals surface area contributed by atoms with E-state index in [4.69, 9.17) is 19.5 Å². The number of esters is 1. The molecule has 0 radical (unpaired) electrons. The highest BCUT2D eigenvalue weighted by Gasteiger charge is 2.32. The molecule has 0 unspecified atom stereocenters. The number of nitrogens with zero attached hydrogens (tertiary/aromatic N) is 6. The number of aromatic amines is 1. The first kappa shape index (κ1) is 31.9. The SMILES string of the molecule is C[C@H](NC(=O)OC(C)(C)C)C(=O)OCn1c(O)c(/C=c2/cnn3c(=NC4CC4)cc(-c4ccc(C(=O)N5CC(F)C5)s4)nc23)[nH]c1=O. The van der Waals surface area contributed by atoms with Crippen LogP contribution >= 0.6 is 11.3 Å². The molecule has 1 saturated heterocycles. The summed E-state index contributed by atoms with van der Waals surface area (Å²) in [4.78, 5) is 64.5. The fraction of sp³-hybridized carbons (Fsp3) is 0.433. The molecule has 4 aromatic rings. The molecule has 1 aliphatic carbocycles. The van der Waals surface area contributed by atoms with Crippen molar-refractivity contribution >= 4 is 41.0 Å². The molecule has 2 aliphatic rings. The lowest BCUT2D eigenvalue weighted by atomic mass is 10.2. The highest BCUT2D eigenvalue weighted by Crippen LogP contribution is 2.29. The van der Waals surface area contributed by atoms with E-state index in [0.717, 1.165) is 17.4 Å². The average molecular weight is 669 g/mol. The second kappa shape index (κ2) is 12.3. The van der Waals surface area contributed by atoms with Gasteiger partial charge in [0.1, 0.15) is 23.5 Å². The number of hydrogen-bond acceptors (Lipinski definition) is 11. The molecule has 4 aromatic heterocycles. The van der Waals surface area contributed by atoms with E-state index in [2.05, 4.69) is 15.4 Å². The van der Waals surface area contributed by atoms with Gasteiger partial charge in [-0.05, 0) is 58.7 Å². The maximum Gasteiger partial charge on any atom is 0.408 e. The number of hydrogen-bond donors (Lipinski definition) is 3. The molecular formula is C30H33FN8O7S. The van der Waals surface area contributed by atoms with Crippen LogP contribution in [0.2, 0.25) is 0 Å². The molecule has 15 nitrogen and oxygen atoms in total. The molecule has 2 fully saturated rings. The van der Waals surface area contributed by atoms with Crippen LogP contribution in [0, 0.1) is 0 Å². The van der Waals surface area contributed by atoms with Gasteiger partial charge in [0.05, 0.1) is 40.8 Å². The van der Waals surface area contributed by atoms with Gasteiger partial charge in [-0.1, -0.05) is 0 Å². The van der Waals surface area contributed by atoms with E-state index in [-0.39, 0.29) is 30.7 Å². The Kier molecular flexibility index (Phi) is 8.33. The molecule has 5 heterocycles. The number of ether oxygens (including phenoxy) is 2. The Morgan fingerprint density at radius 2 is 2.02 bits per heavy atom. The fourth-order valence-electron chi connectivity index (χ4n) is 4.66. The normalized spacial score (nSPS) is 16.7. The summed E-state index contributed by atoms with van der Waals surface area (Å²) < 4.78 is 26.0. The molecule has 6 rings (SSSR count). The van der Waals surface area contributed by atoms with Gasteiger partial charge in [0, 0.05) is 11.3 Å². The molecule has 47 heavy (non-hydrogen) atoms. The maximum atomic E-state index is 13.3. The number of carbonyl (C=O) groups is 3. The molecule has 0 aromatic carbocycles.